The van der Waals surface area contributed by atoms with Gasteiger partial charge in [0.1, 0.15) is 0 Å². The van der Waals surface area contributed by atoms with Gasteiger partial charge in [-0.05, 0) is 29.8 Å². The largest absolute Gasteiger partial charge is 0.469 e. The van der Waals surface area contributed by atoms with E-state index in [-0.39, 0.29) is 5.97 Å². The predicted octanol–water partition coefficient (Wildman–Crippen LogP) is 3.55. The molecular formula is C15H14O2S. The molecule has 0 N–H and O–H groups in total. The summed E-state index contributed by atoms with van der Waals surface area (Å²) in [5.41, 5.74) is 0.972. The van der Waals surface area contributed by atoms with E-state index in [9.17, 15) is 4.79 Å². The highest BCUT2D eigenvalue weighted by atomic mass is 32.2. The maximum atomic E-state index is 11.1. The molecule has 0 saturated carbocycles. The minimum Gasteiger partial charge on any atom is -0.469 e. The van der Waals surface area contributed by atoms with Gasteiger partial charge in [0.15, 0.2) is 0 Å². The van der Waals surface area contributed by atoms with Crippen LogP contribution < -0.4 is 0 Å². The number of carbonyl (C=O) groups excluding carboxylic acids is 1. The van der Waals surface area contributed by atoms with Crippen molar-refractivity contribution < 1.29 is 9.53 Å². The summed E-state index contributed by atoms with van der Waals surface area (Å²) in [6.07, 6.45) is 0.326. The highest BCUT2D eigenvalue weighted by Crippen LogP contribution is 2.27. The number of esters is 1. The lowest BCUT2D eigenvalue weighted by Gasteiger charge is -2.03. The first kappa shape index (κ1) is 12.7. The van der Waals surface area contributed by atoms with Crippen LogP contribution in [-0.4, -0.2) is 13.1 Å². The zero-order chi connectivity index (χ0) is 12.8. The summed E-state index contributed by atoms with van der Waals surface area (Å²) < 4.78 is 4.64. The van der Waals surface area contributed by atoms with Gasteiger partial charge in [-0.3, -0.25) is 4.79 Å². The zero-order valence-electron chi connectivity index (χ0n) is 10.1. The van der Waals surface area contributed by atoms with Crippen molar-refractivity contribution in [2.45, 2.75) is 16.2 Å². The van der Waals surface area contributed by atoms with Gasteiger partial charge < -0.3 is 4.74 Å². The normalized spacial score (nSPS) is 10.1. The van der Waals surface area contributed by atoms with E-state index >= 15 is 0 Å². The number of carbonyl (C=O) groups is 1. The Morgan fingerprint density at radius 2 is 1.61 bits per heavy atom. The fourth-order valence-corrected chi connectivity index (χ4v) is 2.38. The van der Waals surface area contributed by atoms with Crippen LogP contribution in [0.25, 0.3) is 0 Å². The first-order chi connectivity index (χ1) is 8.78. The Hall–Kier alpha value is -1.74. The molecule has 3 heteroatoms. The third kappa shape index (κ3) is 3.64. The van der Waals surface area contributed by atoms with Gasteiger partial charge in [-0.1, -0.05) is 42.1 Å². The lowest BCUT2D eigenvalue weighted by molar-refractivity contribution is -0.139. The van der Waals surface area contributed by atoms with E-state index in [1.54, 1.807) is 11.8 Å². The third-order valence-corrected chi connectivity index (χ3v) is 3.49. The molecule has 0 amide bonds. The van der Waals surface area contributed by atoms with Crippen LogP contribution in [0.3, 0.4) is 0 Å². The molecule has 0 unspecified atom stereocenters. The molecule has 2 aromatic carbocycles. The molecule has 0 aromatic heterocycles. The summed E-state index contributed by atoms with van der Waals surface area (Å²) in [7, 11) is 1.40. The molecule has 2 nitrogen and oxygen atoms in total. The van der Waals surface area contributed by atoms with Crippen molar-refractivity contribution >= 4 is 17.7 Å². The summed E-state index contributed by atoms with van der Waals surface area (Å²) in [6.45, 7) is 0. The second kappa shape index (κ2) is 6.26. The van der Waals surface area contributed by atoms with Crippen LogP contribution >= 0.6 is 11.8 Å². The fourth-order valence-electron chi connectivity index (χ4n) is 1.54. The van der Waals surface area contributed by atoms with E-state index in [4.69, 9.17) is 0 Å². The topological polar surface area (TPSA) is 26.3 Å². The number of hydrogen-bond acceptors (Lipinski definition) is 3. The molecule has 0 fully saturated rings. The number of benzene rings is 2. The molecule has 2 rings (SSSR count). The molecule has 0 spiro atoms. The van der Waals surface area contributed by atoms with Gasteiger partial charge in [0, 0.05) is 9.79 Å². The highest BCUT2D eigenvalue weighted by Gasteiger charge is 2.03. The molecule has 0 aliphatic heterocycles. The van der Waals surface area contributed by atoms with E-state index in [0.717, 1.165) is 10.5 Å². The number of hydrogen-bond donors (Lipinski definition) is 0. The van der Waals surface area contributed by atoms with E-state index < -0.39 is 0 Å². The highest BCUT2D eigenvalue weighted by molar-refractivity contribution is 7.99. The van der Waals surface area contributed by atoms with Gasteiger partial charge in [0.25, 0.3) is 0 Å². The Kier molecular flexibility index (Phi) is 4.42. The van der Waals surface area contributed by atoms with Gasteiger partial charge in [0.05, 0.1) is 13.5 Å². The summed E-state index contributed by atoms with van der Waals surface area (Å²) >= 11 is 1.70. The fraction of sp³-hybridized carbons (Fsp3) is 0.133. The van der Waals surface area contributed by atoms with Crippen LogP contribution in [0.5, 0.6) is 0 Å². The van der Waals surface area contributed by atoms with Crippen molar-refractivity contribution in [3.8, 4) is 0 Å². The van der Waals surface area contributed by atoms with E-state index in [1.165, 1.54) is 12.0 Å². The van der Waals surface area contributed by atoms with Crippen molar-refractivity contribution in [3.63, 3.8) is 0 Å². The van der Waals surface area contributed by atoms with Gasteiger partial charge in [0.2, 0.25) is 0 Å². The lowest BCUT2D eigenvalue weighted by Crippen LogP contribution is -2.03. The van der Waals surface area contributed by atoms with Gasteiger partial charge in [-0.15, -0.1) is 0 Å². The van der Waals surface area contributed by atoms with Crippen molar-refractivity contribution in [3.05, 3.63) is 60.2 Å². The van der Waals surface area contributed by atoms with Gasteiger partial charge in [-0.25, -0.2) is 0 Å². The van der Waals surface area contributed by atoms with Crippen molar-refractivity contribution in [1.82, 2.24) is 0 Å². The summed E-state index contributed by atoms with van der Waals surface area (Å²) in [5, 5.41) is 0. The number of methoxy groups -OCH3 is 1. The predicted molar refractivity (Wildman–Crippen MR) is 72.7 cm³/mol. The maximum Gasteiger partial charge on any atom is 0.309 e. The minimum absolute atomic E-state index is 0.210. The van der Waals surface area contributed by atoms with Crippen molar-refractivity contribution in [2.24, 2.45) is 0 Å². The molecule has 2 aromatic rings. The minimum atomic E-state index is -0.210. The number of ether oxygens (including phenoxy) is 1. The second-order valence-corrected chi connectivity index (χ2v) is 4.96. The molecule has 18 heavy (non-hydrogen) atoms. The monoisotopic (exact) mass is 258 g/mol. The summed E-state index contributed by atoms with van der Waals surface area (Å²) in [4.78, 5) is 13.5. The molecule has 0 atom stereocenters. The van der Waals surface area contributed by atoms with Crippen LogP contribution in [0.1, 0.15) is 5.56 Å². The molecule has 92 valence electrons. The zero-order valence-corrected chi connectivity index (χ0v) is 10.9. The van der Waals surface area contributed by atoms with Crippen molar-refractivity contribution in [1.29, 1.82) is 0 Å². The van der Waals surface area contributed by atoms with Gasteiger partial charge >= 0.3 is 5.97 Å². The van der Waals surface area contributed by atoms with E-state index in [0.29, 0.717) is 6.42 Å². The number of rotatable bonds is 4. The average Bonchev–Trinajstić information content (AvgIpc) is 2.42. The van der Waals surface area contributed by atoms with Crippen molar-refractivity contribution in [2.75, 3.05) is 7.11 Å². The van der Waals surface area contributed by atoms with E-state index in [2.05, 4.69) is 16.9 Å². The SMILES string of the molecule is COC(=O)Cc1ccc(Sc2ccccc2)cc1. The third-order valence-electron chi connectivity index (χ3n) is 2.48. The molecule has 0 aliphatic rings. The molecule has 0 saturated heterocycles. The average molecular weight is 258 g/mol. The summed E-state index contributed by atoms with van der Waals surface area (Å²) in [6, 6.07) is 18.2. The molecule has 0 aliphatic carbocycles. The van der Waals surface area contributed by atoms with Crippen LogP contribution in [-0.2, 0) is 16.0 Å². The maximum absolute atomic E-state index is 11.1. The van der Waals surface area contributed by atoms with Crippen LogP contribution in [0.2, 0.25) is 0 Å². The first-order valence-corrected chi connectivity index (χ1v) is 6.48. The molecule has 0 heterocycles. The van der Waals surface area contributed by atoms with Gasteiger partial charge in [-0.2, -0.15) is 0 Å². The lowest BCUT2D eigenvalue weighted by atomic mass is 10.2. The van der Waals surface area contributed by atoms with Crippen LogP contribution in [0.4, 0.5) is 0 Å². The standard InChI is InChI=1S/C15H14O2S/c1-17-15(16)11-12-7-9-14(10-8-12)18-13-5-3-2-4-6-13/h2-10H,11H2,1H3. The second-order valence-electron chi connectivity index (χ2n) is 3.81. The Bertz CT molecular complexity index is 506. The molecular weight excluding hydrogens is 244 g/mol. The quantitative estimate of drug-likeness (QED) is 0.784. The Labute approximate surface area is 111 Å². The molecule has 0 bridgehead atoms. The Morgan fingerprint density at radius 3 is 2.22 bits per heavy atom. The summed E-state index contributed by atoms with van der Waals surface area (Å²) in [5.74, 6) is -0.210. The van der Waals surface area contributed by atoms with Crippen LogP contribution in [0.15, 0.2) is 64.4 Å². The Balaban J connectivity index is 2.02. The molecule has 0 radical (unpaired) electrons. The van der Waals surface area contributed by atoms with Crippen LogP contribution in [0, 0.1) is 0 Å². The first-order valence-electron chi connectivity index (χ1n) is 5.66. The smallest absolute Gasteiger partial charge is 0.309 e. The van der Waals surface area contributed by atoms with E-state index in [1.807, 2.05) is 42.5 Å². The Morgan fingerprint density at radius 1 is 1.00 bits per heavy atom.